The maximum Gasteiger partial charge on any atom is 0.438 e. The van der Waals surface area contributed by atoms with Crippen molar-refractivity contribution in [3.8, 4) is 5.75 Å². The van der Waals surface area contributed by atoms with Crippen LogP contribution >= 0.6 is 0 Å². The second kappa shape index (κ2) is 5.28. The average Bonchev–Trinajstić information content (AvgIpc) is 2.79. The van der Waals surface area contributed by atoms with Crippen molar-refractivity contribution in [2.45, 2.75) is 38.6 Å². The van der Waals surface area contributed by atoms with E-state index < -0.39 is 24.2 Å². The van der Waals surface area contributed by atoms with Gasteiger partial charge in [0, 0.05) is 23.3 Å². The van der Waals surface area contributed by atoms with Crippen molar-refractivity contribution >= 4 is 11.6 Å². The van der Waals surface area contributed by atoms with E-state index in [0.29, 0.717) is 0 Å². The first-order valence-corrected chi connectivity index (χ1v) is 6.60. The number of hydrogen-bond donors (Lipinski definition) is 2. The van der Waals surface area contributed by atoms with Crippen LogP contribution < -0.4 is 0 Å². The average molecular weight is 316 g/mol. The number of aromatic hydroxyl groups is 1. The number of nitrogens with zero attached hydrogens (tertiary/aromatic N) is 2. The van der Waals surface area contributed by atoms with Gasteiger partial charge in [0.05, 0.1) is 0 Å². The molecule has 1 aliphatic rings. The van der Waals surface area contributed by atoms with Crippen molar-refractivity contribution < 1.29 is 28.2 Å². The number of aliphatic hydroxyl groups is 1. The molecule has 0 radical (unpaired) electrons. The lowest BCUT2D eigenvalue weighted by Crippen LogP contribution is -2.56. The molecular formula is C14H15F3N2O3. The molecule has 5 nitrogen and oxygen atoms in total. The topological polar surface area (TPSA) is 73.1 Å². The summed E-state index contributed by atoms with van der Waals surface area (Å²) >= 11 is 0. The molecule has 2 N–H and O–H groups in total. The van der Waals surface area contributed by atoms with Crippen molar-refractivity contribution in [2.24, 2.45) is 5.10 Å². The molecule has 1 aromatic rings. The fraction of sp³-hybridized carbons (Fsp3) is 0.429. The van der Waals surface area contributed by atoms with E-state index in [2.05, 4.69) is 5.10 Å². The summed E-state index contributed by atoms with van der Waals surface area (Å²) < 4.78 is 39.6. The van der Waals surface area contributed by atoms with Gasteiger partial charge in [0.1, 0.15) is 5.75 Å². The minimum atomic E-state index is -5.05. The number of halogens is 3. The summed E-state index contributed by atoms with van der Waals surface area (Å²) in [6, 6.07) is 3.92. The third kappa shape index (κ3) is 2.43. The molecule has 0 saturated carbocycles. The van der Waals surface area contributed by atoms with Crippen LogP contribution in [0.4, 0.5) is 13.2 Å². The Hall–Kier alpha value is -2.09. The molecule has 0 bridgehead atoms. The molecule has 1 aromatic carbocycles. The van der Waals surface area contributed by atoms with E-state index in [0.717, 1.165) is 0 Å². The van der Waals surface area contributed by atoms with Crippen LogP contribution in [0.15, 0.2) is 23.3 Å². The molecule has 2 rings (SSSR count). The highest BCUT2D eigenvalue weighted by atomic mass is 19.4. The van der Waals surface area contributed by atoms with Gasteiger partial charge in [-0.15, -0.1) is 0 Å². The fourth-order valence-corrected chi connectivity index (χ4v) is 2.22. The number of alkyl halides is 3. The van der Waals surface area contributed by atoms with Gasteiger partial charge in [-0.2, -0.15) is 23.3 Å². The van der Waals surface area contributed by atoms with Gasteiger partial charge in [0.25, 0.3) is 11.6 Å². The van der Waals surface area contributed by atoms with Crippen LogP contribution in [0.5, 0.6) is 5.75 Å². The lowest BCUT2D eigenvalue weighted by molar-refractivity contribution is -0.297. The molecule has 22 heavy (non-hydrogen) atoms. The molecule has 0 aromatic heterocycles. The minimum Gasteiger partial charge on any atom is -0.508 e. The zero-order valence-corrected chi connectivity index (χ0v) is 12.0. The predicted molar refractivity (Wildman–Crippen MR) is 72.4 cm³/mol. The molecule has 0 aliphatic carbocycles. The Bertz CT molecular complexity index is 643. The van der Waals surface area contributed by atoms with Gasteiger partial charge < -0.3 is 10.2 Å². The number of phenols is 1. The minimum absolute atomic E-state index is 0.0631. The van der Waals surface area contributed by atoms with Gasteiger partial charge in [0.2, 0.25) is 0 Å². The van der Waals surface area contributed by atoms with E-state index in [4.69, 9.17) is 0 Å². The molecule has 120 valence electrons. The normalized spacial score (nSPS) is 21.9. The number of carbonyl (C=O) groups is 1. The third-order valence-corrected chi connectivity index (χ3v) is 3.63. The summed E-state index contributed by atoms with van der Waals surface area (Å²) in [7, 11) is 0. The molecule has 0 spiro atoms. The van der Waals surface area contributed by atoms with Crippen molar-refractivity contribution in [2.75, 3.05) is 0 Å². The highest BCUT2D eigenvalue weighted by Gasteiger charge is 2.63. The van der Waals surface area contributed by atoms with Crippen LogP contribution in [0.2, 0.25) is 0 Å². The standard InChI is InChI=1S/C14H15F3N2O3/c1-3-9-7-13(22,14(15,16)17)19(18-9)12(21)10-5-4-6-11(20)8(10)2/h4-6,20,22H,3,7H2,1-2H3. The van der Waals surface area contributed by atoms with Gasteiger partial charge in [-0.1, -0.05) is 13.0 Å². The van der Waals surface area contributed by atoms with E-state index >= 15 is 0 Å². The molecule has 0 saturated heterocycles. The summed E-state index contributed by atoms with van der Waals surface area (Å²) in [4.78, 5) is 12.4. The quantitative estimate of drug-likeness (QED) is 0.881. The fourth-order valence-electron chi connectivity index (χ4n) is 2.22. The summed E-state index contributed by atoms with van der Waals surface area (Å²) in [5, 5.41) is 23.3. The predicted octanol–water partition coefficient (Wildman–Crippen LogP) is 2.56. The first kappa shape index (κ1) is 16.3. The Morgan fingerprint density at radius 2 is 2.09 bits per heavy atom. The Labute approximate surface area is 124 Å². The lowest BCUT2D eigenvalue weighted by Gasteiger charge is -2.32. The van der Waals surface area contributed by atoms with Crippen molar-refractivity contribution in [3.63, 3.8) is 0 Å². The van der Waals surface area contributed by atoms with Crippen LogP contribution in [0.3, 0.4) is 0 Å². The summed E-state index contributed by atoms with van der Waals surface area (Å²) in [6.07, 6.45) is -5.65. The summed E-state index contributed by atoms with van der Waals surface area (Å²) in [5.74, 6) is -1.34. The molecule has 8 heteroatoms. The van der Waals surface area contributed by atoms with Gasteiger partial charge >= 0.3 is 6.18 Å². The van der Waals surface area contributed by atoms with Crippen LogP contribution in [-0.4, -0.2) is 38.7 Å². The van der Waals surface area contributed by atoms with E-state index in [1.165, 1.54) is 25.1 Å². The first-order valence-electron chi connectivity index (χ1n) is 6.60. The van der Waals surface area contributed by atoms with E-state index in [1.54, 1.807) is 6.92 Å². The number of hydrogen-bond acceptors (Lipinski definition) is 4. The van der Waals surface area contributed by atoms with Gasteiger partial charge in [-0.25, -0.2) is 0 Å². The SMILES string of the molecule is CCC1=NN(C(=O)c2cccc(O)c2C)C(O)(C(F)(F)F)C1. The van der Waals surface area contributed by atoms with Crippen LogP contribution in [0.25, 0.3) is 0 Å². The maximum absolute atomic E-state index is 13.2. The summed E-state index contributed by atoms with van der Waals surface area (Å²) in [6.45, 7) is 2.99. The van der Waals surface area contributed by atoms with Crippen molar-refractivity contribution in [1.82, 2.24) is 5.01 Å². The Kier molecular flexibility index (Phi) is 3.90. The van der Waals surface area contributed by atoms with Crippen LogP contribution in [0, 0.1) is 6.92 Å². The van der Waals surface area contributed by atoms with E-state index in [-0.39, 0.29) is 34.0 Å². The second-order valence-electron chi connectivity index (χ2n) is 5.08. The highest BCUT2D eigenvalue weighted by Crippen LogP contribution is 2.41. The number of rotatable bonds is 2. The summed E-state index contributed by atoms with van der Waals surface area (Å²) in [5.41, 5.74) is -3.32. The molecule has 1 atom stereocenters. The Morgan fingerprint density at radius 3 is 2.64 bits per heavy atom. The van der Waals surface area contributed by atoms with Crippen LogP contribution in [0.1, 0.15) is 35.7 Å². The number of hydrazone groups is 1. The molecule has 1 aliphatic heterocycles. The third-order valence-electron chi connectivity index (χ3n) is 3.63. The molecule has 1 heterocycles. The number of phenolic OH excluding ortho intramolecular Hbond substituents is 1. The van der Waals surface area contributed by atoms with Gasteiger partial charge in [0.15, 0.2) is 0 Å². The van der Waals surface area contributed by atoms with Gasteiger partial charge in [-0.3, -0.25) is 4.79 Å². The monoisotopic (exact) mass is 316 g/mol. The Morgan fingerprint density at radius 1 is 1.45 bits per heavy atom. The zero-order chi connectivity index (χ0) is 16.7. The number of amides is 1. The molecule has 0 fully saturated rings. The largest absolute Gasteiger partial charge is 0.508 e. The highest BCUT2D eigenvalue weighted by molar-refractivity contribution is 5.99. The molecule has 1 unspecified atom stereocenters. The Balaban J connectivity index is 2.50. The number of benzene rings is 1. The van der Waals surface area contributed by atoms with E-state index in [9.17, 15) is 28.2 Å². The number of carbonyl (C=O) groups excluding carboxylic acids is 1. The molecule has 1 amide bonds. The first-order chi connectivity index (χ1) is 10.1. The van der Waals surface area contributed by atoms with Crippen LogP contribution in [-0.2, 0) is 0 Å². The maximum atomic E-state index is 13.2. The zero-order valence-electron chi connectivity index (χ0n) is 12.0. The molecular weight excluding hydrogens is 301 g/mol. The van der Waals surface area contributed by atoms with Crippen molar-refractivity contribution in [3.05, 3.63) is 29.3 Å². The second-order valence-corrected chi connectivity index (χ2v) is 5.08. The smallest absolute Gasteiger partial charge is 0.438 e. The van der Waals surface area contributed by atoms with Gasteiger partial charge in [-0.05, 0) is 25.5 Å². The van der Waals surface area contributed by atoms with E-state index in [1.807, 2.05) is 0 Å². The lowest BCUT2D eigenvalue weighted by atomic mass is 10.0. The van der Waals surface area contributed by atoms with Crippen molar-refractivity contribution in [1.29, 1.82) is 0 Å².